The van der Waals surface area contributed by atoms with Crippen LogP contribution in [0, 0.1) is 0 Å². The van der Waals surface area contributed by atoms with Crippen LogP contribution in [0.25, 0.3) is 0 Å². The van der Waals surface area contributed by atoms with Crippen molar-refractivity contribution in [2.45, 2.75) is 13.0 Å². The van der Waals surface area contributed by atoms with Gasteiger partial charge in [-0.15, -0.1) is 0 Å². The average Bonchev–Trinajstić information content (AvgIpc) is 2.60. The lowest BCUT2D eigenvalue weighted by molar-refractivity contribution is 0.134. The lowest BCUT2D eigenvalue weighted by Crippen LogP contribution is -2.38. The van der Waals surface area contributed by atoms with E-state index in [4.69, 9.17) is 5.11 Å². The van der Waals surface area contributed by atoms with E-state index < -0.39 is 0 Å². The van der Waals surface area contributed by atoms with Gasteiger partial charge in [-0.1, -0.05) is 0 Å². The summed E-state index contributed by atoms with van der Waals surface area (Å²) in [5.41, 5.74) is 0. The second-order valence-electron chi connectivity index (χ2n) is 8.89. The van der Waals surface area contributed by atoms with Crippen molar-refractivity contribution in [1.82, 2.24) is 29.4 Å². The van der Waals surface area contributed by atoms with Crippen LogP contribution in [0.3, 0.4) is 0 Å². The molecule has 8 heteroatoms. The molecule has 1 unspecified atom stereocenters. The van der Waals surface area contributed by atoms with Gasteiger partial charge in [0.15, 0.2) is 0 Å². The molecule has 0 bridgehead atoms. The Labute approximate surface area is 181 Å². The summed E-state index contributed by atoms with van der Waals surface area (Å²) >= 11 is 0. The van der Waals surface area contributed by atoms with Crippen LogP contribution in [0.15, 0.2) is 0 Å². The standard InChI is InChI=1S/C11H27N3O.C10H25N3O/c1-11(15)10-14(5)9-8-13(4)7-6-12(2)3;1-11(2)5-7-13(9-10-14)8-6-12(3)4/h11,15H,6-10H2,1-5H3;14H,5-10H2,1-4H3. The van der Waals surface area contributed by atoms with E-state index in [2.05, 4.69) is 78.7 Å². The summed E-state index contributed by atoms with van der Waals surface area (Å²) in [7, 11) is 16.7. The second-order valence-corrected chi connectivity index (χ2v) is 8.89. The topological polar surface area (TPSA) is 59.9 Å². The highest BCUT2D eigenvalue weighted by Crippen LogP contribution is 1.91. The Kier molecular flexibility index (Phi) is 20.9. The highest BCUT2D eigenvalue weighted by molar-refractivity contribution is 4.61. The first-order valence-corrected chi connectivity index (χ1v) is 10.8. The molecule has 0 saturated carbocycles. The van der Waals surface area contributed by atoms with E-state index in [0.717, 1.165) is 65.4 Å². The number of likely N-dealkylation sites (N-methyl/N-ethyl adjacent to an activating group) is 5. The van der Waals surface area contributed by atoms with Crippen LogP contribution in [0.5, 0.6) is 0 Å². The van der Waals surface area contributed by atoms with Crippen LogP contribution in [0.1, 0.15) is 6.92 Å². The zero-order valence-corrected chi connectivity index (χ0v) is 20.9. The van der Waals surface area contributed by atoms with E-state index in [-0.39, 0.29) is 12.7 Å². The van der Waals surface area contributed by atoms with Crippen molar-refractivity contribution in [3.63, 3.8) is 0 Å². The van der Waals surface area contributed by atoms with E-state index >= 15 is 0 Å². The smallest absolute Gasteiger partial charge is 0.0638 e. The largest absolute Gasteiger partial charge is 0.395 e. The fourth-order valence-corrected chi connectivity index (χ4v) is 2.53. The summed E-state index contributed by atoms with van der Waals surface area (Å²) in [5.74, 6) is 0. The molecule has 0 aromatic carbocycles. The maximum atomic E-state index is 9.20. The Morgan fingerprint density at radius 1 is 0.552 bits per heavy atom. The number of hydrogen-bond acceptors (Lipinski definition) is 8. The van der Waals surface area contributed by atoms with E-state index in [9.17, 15) is 5.11 Å². The molecule has 0 amide bonds. The van der Waals surface area contributed by atoms with Gasteiger partial charge in [0.25, 0.3) is 0 Å². The predicted octanol–water partition coefficient (Wildman–Crippen LogP) is -0.804. The van der Waals surface area contributed by atoms with Crippen molar-refractivity contribution in [2.75, 3.05) is 128 Å². The zero-order valence-electron chi connectivity index (χ0n) is 20.9. The van der Waals surface area contributed by atoms with Crippen LogP contribution in [0.2, 0.25) is 0 Å². The van der Waals surface area contributed by atoms with Crippen molar-refractivity contribution in [1.29, 1.82) is 0 Å². The van der Waals surface area contributed by atoms with Crippen LogP contribution < -0.4 is 0 Å². The summed E-state index contributed by atoms with van der Waals surface area (Å²) in [5, 5.41) is 18.1. The molecule has 0 aliphatic rings. The van der Waals surface area contributed by atoms with Gasteiger partial charge in [-0.25, -0.2) is 0 Å². The molecule has 0 saturated heterocycles. The lowest BCUT2D eigenvalue weighted by Gasteiger charge is -2.24. The third-order valence-corrected chi connectivity index (χ3v) is 4.51. The van der Waals surface area contributed by atoms with E-state index in [1.54, 1.807) is 0 Å². The third-order valence-electron chi connectivity index (χ3n) is 4.51. The molecule has 0 fully saturated rings. The number of hydrogen-bond donors (Lipinski definition) is 2. The summed E-state index contributed by atoms with van der Waals surface area (Å²) in [6, 6.07) is 0. The van der Waals surface area contributed by atoms with Crippen molar-refractivity contribution in [2.24, 2.45) is 0 Å². The van der Waals surface area contributed by atoms with Gasteiger partial charge in [0, 0.05) is 65.4 Å². The van der Waals surface area contributed by atoms with Crippen LogP contribution in [-0.4, -0.2) is 174 Å². The molecule has 1 atom stereocenters. The number of rotatable bonds is 16. The first kappa shape index (κ1) is 30.9. The molecule has 0 aromatic heterocycles. The Morgan fingerprint density at radius 2 is 0.931 bits per heavy atom. The molecule has 0 heterocycles. The molecule has 29 heavy (non-hydrogen) atoms. The zero-order chi connectivity index (χ0) is 22.8. The van der Waals surface area contributed by atoms with Gasteiger partial charge in [0.1, 0.15) is 0 Å². The van der Waals surface area contributed by atoms with Crippen molar-refractivity contribution in [3.05, 3.63) is 0 Å². The second kappa shape index (κ2) is 19.6. The van der Waals surface area contributed by atoms with E-state index in [0.29, 0.717) is 0 Å². The molecular weight excluding hydrogens is 368 g/mol. The molecule has 0 aromatic rings. The molecule has 2 N–H and O–H groups in total. The third kappa shape index (κ3) is 25.6. The fourth-order valence-electron chi connectivity index (χ4n) is 2.53. The molecule has 8 nitrogen and oxygen atoms in total. The lowest BCUT2D eigenvalue weighted by atomic mass is 10.3. The molecule has 0 radical (unpaired) electrons. The fraction of sp³-hybridized carbons (Fsp3) is 1.00. The highest BCUT2D eigenvalue weighted by atomic mass is 16.3. The van der Waals surface area contributed by atoms with E-state index in [1.165, 1.54) is 0 Å². The van der Waals surface area contributed by atoms with Crippen LogP contribution in [-0.2, 0) is 0 Å². The van der Waals surface area contributed by atoms with Gasteiger partial charge in [0.05, 0.1) is 12.7 Å². The summed E-state index contributed by atoms with van der Waals surface area (Å²) in [6.45, 7) is 12.0. The first-order valence-electron chi connectivity index (χ1n) is 10.8. The minimum absolute atomic E-state index is 0.234. The Balaban J connectivity index is 0. The monoisotopic (exact) mass is 420 g/mol. The molecule has 0 aliphatic heterocycles. The molecule has 178 valence electrons. The average molecular weight is 421 g/mol. The molecule has 0 spiro atoms. The predicted molar refractivity (Wildman–Crippen MR) is 126 cm³/mol. The Morgan fingerprint density at radius 3 is 1.31 bits per heavy atom. The SMILES string of the molecule is CC(O)CN(C)CCN(C)CCN(C)C.CN(C)CCN(CCO)CCN(C)C. The quantitative estimate of drug-likeness (QED) is 0.337. The minimum Gasteiger partial charge on any atom is -0.395 e. The van der Waals surface area contributed by atoms with Crippen LogP contribution >= 0.6 is 0 Å². The summed E-state index contributed by atoms with van der Waals surface area (Å²) < 4.78 is 0. The maximum Gasteiger partial charge on any atom is 0.0638 e. The van der Waals surface area contributed by atoms with Gasteiger partial charge in [-0.05, 0) is 63.3 Å². The molecule has 0 rings (SSSR count). The van der Waals surface area contributed by atoms with E-state index in [1.807, 2.05) is 14.0 Å². The maximum absolute atomic E-state index is 9.20. The van der Waals surface area contributed by atoms with Gasteiger partial charge in [0.2, 0.25) is 0 Å². The number of nitrogens with zero attached hydrogens (tertiary/aromatic N) is 6. The van der Waals surface area contributed by atoms with Crippen LogP contribution in [0.4, 0.5) is 0 Å². The Bertz CT molecular complexity index is 331. The minimum atomic E-state index is -0.234. The van der Waals surface area contributed by atoms with Crippen molar-refractivity contribution in [3.8, 4) is 0 Å². The number of aliphatic hydroxyl groups is 2. The first-order chi connectivity index (χ1) is 13.5. The van der Waals surface area contributed by atoms with Gasteiger partial charge in [-0.3, -0.25) is 4.90 Å². The highest BCUT2D eigenvalue weighted by Gasteiger charge is 2.05. The summed E-state index contributed by atoms with van der Waals surface area (Å²) in [6.07, 6.45) is -0.234. The Hall–Kier alpha value is -0.320. The normalized spacial score (nSPS) is 13.1. The van der Waals surface area contributed by atoms with Gasteiger partial charge in [-0.2, -0.15) is 0 Å². The summed E-state index contributed by atoms with van der Waals surface area (Å²) in [4.78, 5) is 13.3. The molecular formula is C21H52N6O2. The van der Waals surface area contributed by atoms with Gasteiger partial charge >= 0.3 is 0 Å². The number of aliphatic hydroxyl groups excluding tert-OH is 2. The van der Waals surface area contributed by atoms with Crippen molar-refractivity contribution < 1.29 is 10.2 Å². The van der Waals surface area contributed by atoms with Gasteiger partial charge < -0.3 is 34.7 Å². The molecule has 0 aliphatic carbocycles. The van der Waals surface area contributed by atoms with Crippen molar-refractivity contribution >= 4 is 0 Å².